The summed E-state index contributed by atoms with van der Waals surface area (Å²) in [6.45, 7) is 6.76. The second-order valence-corrected chi connectivity index (χ2v) is 5.19. The van der Waals surface area contributed by atoms with Crippen LogP contribution in [0.3, 0.4) is 0 Å². The van der Waals surface area contributed by atoms with E-state index < -0.39 is 0 Å². The summed E-state index contributed by atoms with van der Waals surface area (Å²) in [5.41, 5.74) is 7.88. The van der Waals surface area contributed by atoms with E-state index in [-0.39, 0.29) is 5.54 Å². The number of pyridine rings is 1. The number of nitrogens with one attached hydrogen (secondary N) is 1. The molecule has 0 radical (unpaired) electrons. The number of nitrogens with zero attached hydrogens (tertiary/aromatic N) is 1. The van der Waals surface area contributed by atoms with Crippen molar-refractivity contribution in [2.45, 2.75) is 26.3 Å². The predicted molar refractivity (Wildman–Crippen MR) is 73.2 cm³/mol. The summed E-state index contributed by atoms with van der Waals surface area (Å²) in [4.78, 5) is 4.61. The molecule has 17 heavy (non-hydrogen) atoms. The number of hydrogen-bond acceptors (Lipinski definition) is 3. The van der Waals surface area contributed by atoms with Gasteiger partial charge < -0.3 is 11.1 Å². The van der Waals surface area contributed by atoms with Gasteiger partial charge in [0, 0.05) is 17.5 Å². The third-order valence-electron chi connectivity index (χ3n) is 2.63. The lowest BCUT2D eigenvalue weighted by atomic mass is 10.1. The quantitative estimate of drug-likeness (QED) is 0.850. The number of para-hydroxylation sites is 1. The Bertz CT molecular complexity index is 526. The van der Waals surface area contributed by atoms with E-state index in [1.165, 1.54) is 5.39 Å². The monoisotopic (exact) mass is 229 g/mol. The van der Waals surface area contributed by atoms with Gasteiger partial charge in [0.25, 0.3) is 0 Å². The lowest BCUT2D eigenvalue weighted by molar-refractivity contribution is 0.548. The van der Waals surface area contributed by atoms with Crippen LogP contribution in [0.25, 0.3) is 10.9 Å². The summed E-state index contributed by atoms with van der Waals surface area (Å²) in [5, 5.41) is 4.48. The Morgan fingerprint density at radius 2 is 2.00 bits per heavy atom. The van der Waals surface area contributed by atoms with Gasteiger partial charge in [-0.1, -0.05) is 18.2 Å². The van der Waals surface area contributed by atoms with Crippen LogP contribution < -0.4 is 11.1 Å². The minimum atomic E-state index is -0.236. The second-order valence-electron chi connectivity index (χ2n) is 5.19. The summed E-state index contributed by atoms with van der Waals surface area (Å²) in [6.07, 6.45) is 0. The highest BCUT2D eigenvalue weighted by molar-refractivity contribution is 5.81. The molecule has 0 saturated carbocycles. The Kier molecular flexibility index (Phi) is 3.03. The first-order valence-corrected chi connectivity index (χ1v) is 5.85. The van der Waals surface area contributed by atoms with Crippen molar-refractivity contribution >= 4 is 16.7 Å². The first kappa shape index (κ1) is 11.9. The first-order chi connectivity index (χ1) is 7.96. The van der Waals surface area contributed by atoms with Crippen LogP contribution in [0.5, 0.6) is 0 Å². The Morgan fingerprint density at radius 1 is 1.29 bits per heavy atom. The molecule has 3 nitrogen and oxygen atoms in total. The zero-order chi connectivity index (χ0) is 12.5. The summed E-state index contributed by atoms with van der Waals surface area (Å²) in [5.74, 6) is 0.919. The van der Waals surface area contributed by atoms with Crippen LogP contribution in [0.15, 0.2) is 30.3 Å². The highest BCUT2D eigenvalue weighted by Crippen LogP contribution is 2.19. The second kappa shape index (κ2) is 4.34. The van der Waals surface area contributed by atoms with Crippen LogP contribution in [-0.2, 0) is 0 Å². The van der Waals surface area contributed by atoms with Crippen molar-refractivity contribution < 1.29 is 0 Å². The minimum Gasteiger partial charge on any atom is -0.368 e. The molecule has 90 valence electrons. The molecule has 0 bridgehead atoms. The van der Waals surface area contributed by atoms with E-state index in [0.29, 0.717) is 6.54 Å². The molecular weight excluding hydrogens is 210 g/mol. The van der Waals surface area contributed by atoms with Gasteiger partial charge in [0.15, 0.2) is 0 Å². The fourth-order valence-corrected chi connectivity index (χ4v) is 1.71. The molecule has 2 rings (SSSR count). The summed E-state index contributed by atoms with van der Waals surface area (Å²) >= 11 is 0. The number of anilines is 1. The van der Waals surface area contributed by atoms with Gasteiger partial charge in [-0.3, -0.25) is 0 Å². The molecule has 0 amide bonds. The predicted octanol–water partition coefficient (Wildman–Crippen LogP) is 2.69. The van der Waals surface area contributed by atoms with Crippen molar-refractivity contribution in [3.05, 3.63) is 35.9 Å². The number of aryl methyl sites for hydroxylation is 1. The molecule has 0 unspecified atom stereocenters. The van der Waals surface area contributed by atoms with Crippen molar-refractivity contribution in [1.82, 2.24) is 4.98 Å². The number of benzene rings is 1. The Balaban J connectivity index is 2.31. The number of rotatable bonds is 3. The van der Waals surface area contributed by atoms with Gasteiger partial charge in [-0.05, 0) is 38.5 Å². The number of aromatic nitrogens is 1. The Labute approximate surface area is 102 Å². The zero-order valence-electron chi connectivity index (χ0n) is 10.6. The van der Waals surface area contributed by atoms with Gasteiger partial charge >= 0.3 is 0 Å². The number of nitrogens with two attached hydrogens (primary N) is 1. The molecule has 0 atom stereocenters. The average Bonchev–Trinajstić information content (AvgIpc) is 2.25. The van der Waals surface area contributed by atoms with E-state index in [2.05, 4.69) is 29.4 Å². The average molecular weight is 229 g/mol. The van der Waals surface area contributed by atoms with Gasteiger partial charge in [-0.25, -0.2) is 4.98 Å². The van der Waals surface area contributed by atoms with Crippen LogP contribution in [0.4, 0.5) is 5.82 Å². The van der Waals surface area contributed by atoms with Crippen molar-refractivity contribution in [3.63, 3.8) is 0 Å². The number of hydrogen-bond donors (Lipinski definition) is 2. The lowest BCUT2D eigenvalue weighted by Gasteiger charge is -2.20. The molecule has 0 spiro atoms. The SMILES string of the molecule is Cc1cc2ccccc2nc1NCC(C)(C)N. The van der Waals surface area contributed by atoms with E-state index in [9.17, 15) is 0 Å². The normalized spacial score (nSPS) is 11.8. The minimum absolute atomic E-state index is 0.236. The molecule has 0 aliphatic rings. The third kappa shape index (κ3) is 2.94. The smallest absolute Gasteiger partial charge is 0.129 e. The molecule has 0 aliphatic heterocycles. The largest absolute Gasteiger partial charge is 0.368 e. The summed E-state index contributed by atoms with van der Waals surface area (Å²) < 4.78 is 0. The van der Waals surface area contributed by atoms with E-state index >= 15 is 0 Å². The fourth-order valence-electron chi connectivity index (χ4n) is 1.71. The van der Waals surface area contributed by atoms with Gasteiger partial charge in [0.1, 0.15) is 5.82 Å². The molecule has 1 aromatic heterocycles. The third-order valence-corrected chi connectivity index (χ3v) is 2.63. The topological polar surface area (TPSA) is 50.9 Å². The molecule has 3 heteroatoms. The van der Waals surface area contributed by atoms with Crippen molar-refractivity contribution in [3.8, 4) is 0 Å². The van der Waals surface area contributed by atoms with Crippen molar-refractivity contribution in [2.24, 2.45) is 5.73 Å². The van der Waals surface area contributed by atoms with E-state index in [1.54, 1.807) is 0 Å². The Morgan fingerprint density at radius 3 is 2.71 bits per heavy atom. The van der Waals surface area contributed by atoms with Gasteiger partial charge in [0.05, 0.1) is 5.52 Å². The fraction of sp³-hybridized carbons (Fsp3) is 0.357. The maximum Gasteiger partial charge on any atom is 0.129 e. The van der Waals surface area contributed by atoms with Crippen molar-refractivity contribution in [2.75, 3.05) is 11.9 Å². The summed E-state index contributed by atoms with van der Waals surface area (Å²) in [7, 11) is 0. The van der Waals surface area contributed by atoms with E-state index in [4.69, 9.17) is 5.73 Å². The van der Waals surface area contributed by atoms with Crippen LogP contribution in [0.1, 0.15) is 19.4 Å². The van der Waals surface area contributed by atoms with Crippen LogP contribution >= 0.6 is 0 Å². The van der Waals surface area contributed by atoms with Crippen LogP contribution in [-0.4, -0.2) is 17.1 Å². The molecule has 1 heterocycles. The summed E-state index contributed by atoms with van der Waals surface area (Å²) in [6, 6.07) is 10.3. The molecular formula is C14H19N3. The molecule has 1 aromatic carbocycles. The molecule has 3 N–H and O–H groups in total. The van der Waals surface area contributed by atoms with E-state index in [0.717, 1.165) is 16.9 Å². The van der Waals surface area contributed by atoms with E-state index in [1.807, 2.05) is 32.0 Å². The highest BCUT2D eigenvalue weighted by atomic mass is 15.0. The lowest BCUT2D eigenvalue weighted by Crippen LogP contribution is -2.39. The van der Waals surface area contributed by atoms with Crippen LogP contribution in [0, 0.1) is 6.92 Å². The standard InChI is InChI=1S/C14H19N3/c1-10-8-11-6-4-5-7-12(11)17-13(10)16-9-14(2,3)15/h4-8H,9,15H2,1-3H3,(H,16,17). The number of fused-ring (bicyclic) bond motifs is 1. The van der Waals surface area contributed by atoms with Crippen molar-refractivity contribution in [1.29, 1.82) is 0 Å². The molecule has 0 saturated heterocycles. The Hall–Kier alpha value is -1.61. The zero-order valence-corrected chi connectivity index (χ0v) is 10.6. The molecule has 0 aliphatic carbocycles. The maximum atomic E-state index is 5.96. The maximum absolute atomic E-state index is 5.96. The molecule has 0 fully saturated rings. The van der Waals surface area contributed by atoms with Gasteiger partial charge in [-0.15, -0.1) is 0 Å². The van der Waals surface area contributed by atoms with Gasteiger partial charge in [-0.2, -0.15) is 0 Å². The first-order valence-electron chi connectivity index (χ1n) is 5.85. The van der Waals surface area contributed by atoms with Crippen LogP contribution in [0.2, 0.25) is 0 Å². The highest BCUT2D eigenvalue weighted by Gasteiger charge is 2.11. The van der Waals surface area contributed by atoms with Gasteiger partial charge in [0.2, 0.25) is 0 Å². The molecule has 2 aromatic rings.